The van der Waals surface area contributed by atoms with E-state index in [1.54, 1.807) is 7.11 Å². The fraction of sp³-hybridized carbons (Fsp3) is 0.600. The fourth-order valence-electron chi connectivity index (χ4n) is 2.03. The number of rotatable bonds is 6. The Hall–Kier alpha value is -0.860. The molecule has 0 amide bonds. The summed E-state index contributed by atoms with van der Waals surface area (Å²) >= 11 is 0. The van der Waals surface area contributed by atoms with Gasteiger partial charge in [-0.25, -0.2) is 0 Å². The highest BCUT2D eigenvalue weighted by molar-refractivity contribution is 5.33. The van der Waals surface area contributed by atoms with Crippen LogP contribution in [0.1, 0.15) is 30.5 Å². The van der Waals surface area contributed by atoms with Gasteiger partial charge >= 0.3 is 0 Å². The monoisotopic (exact) mass is 235 g/mol. The lowest BCUT2D eigenvalue weighted by atomic mass is 10.0. The predicted molar refractivity (Wildman–Crippen MR) is 73.3 cm³/mol. The Bertz CT molecular complexity index is 327. The average Bonchev–Trinajstić information content (AvgIpc) is 2.26. The molecule has 0 saturated carbocycles. The van der Waals surface area contributed by atoms with Crippen LogP contribution in [0.3, 0.4) is 0 Å². The normalized spacial score (nSPS) is 13.1. The first kappa shape index (κ1) is 14.2. The molecule has 96 valence electrons. The molecule has 1 atom stereocenters. The van der Waals surface area contributed by atoms with Crippen LogP contribution in [-0.2, 0) is 11.3 Å². The van der Waals surface area contributed by atoms with Crippen molar-refractivity contribution in [2.24, 2.45) is 5.92 Å². The van der Waals surface area contributed by atoms with Crippen LogP contribution in [0.15, 0.2) is 18.2 Å². The van der Waals surface area contributed by atoms with Crippen LogP contribution in [0.5, 0.6) is 0 Å². The smallest absolute Gasteiger partial charge is 0.0618 e. The van der Waals surface area contributed by atoms with Crippen molar-refractivity contribution in [2.75, 3.05) is 13.7 Å². The molecule has 1 unspecified atom stereocenters. The van der Waals surface area contributed by atoms with Gasteiger partial charge in [0.15, 0.2) is 0 Å². The number of methoxy groups -OCH3 is 1. The first-order valence-corrected chi connectivity index (χ1v) is 6.33. The van der Waals surface area contributed by atoms with E-state index in [4.69, 9.17) is 4.74 Å². The number of benzene rings is 1. The summed E-state index contributed by atoms with van der Waals surface area (Å²) in [6.07, 6.45) is 0. The molecular weight excluding hydrogens is 210 g/mol. The lowest BCUT2D eigenvalue weighted by Gasteiger charge is -2.22. The summed E-state index contributed by atoms with van der Waals surface area (Å²) in [6.45, 7) is 10.5. The van der Waals surface area contributed by atoms with E-state index in [1.165, 1.54) is 16.7 Å². The van der Waals surface area contributed by atoms with Gasteiger partial charge in [-0.15, -0.1) is 0 Å². The van der Waals surface area contributed by atoms with Gasteiger partial charge in [-0.2, -0.15) is 0 Å². The minimum Gasteiger partial charge on any atom is -0.383 e. The zero-order valence-corrected chi connectivity index (χ0v) is 11.7. The second kappa shape index (κ2) is 6.77. The Kier molecular flexibility index (Phi) is 5.66. The molecule has 0 saturated heterocycles. The molecule has 0 spiro atoms. The van der Waals surface area contributed by atoms with E-state index in [1.807, 2.05) is 0 Å². The molecule has 1 aromatic carbocycles. The van der Waals surface area contributed by atoms with Gasteiger partial charge in [-0.1, -0.05) is 32.0 Å². The lowest BCUT2D eigenvalue weighted by molar-refractivity contribution is 0.146. The zero-order valence-electron chi connectivity index (χ0n) is 11.7. The van der Waals surface area contributed by atoms with Crippen molar-refractivity contribution in [1.82, 2.24) is 5.32 Å². The van der Waals surface area contributed by atoms with E-state index < -0.39 is 0 Å². The molecule has 1 rings (SSSR count). The summed E-state index contributed by atoms with van der Waals surface area (Å²) in [6, 6.07) is 6.87. The molecule has 17 heavy (non-hydrogen) atoms. The molecule has 2 heteroatoms. The van der Waals surface area contributed by atoms with Crippen LogP contribution in [-0.4, -0.2) is 19.8 Å². The van der Waals surface area contributed by atoms with E-state index in [0.717, 1.165) is 13.2 Å². The van der Waals surface area contributed by atoms with Crippen molar-refractivity contribution in [3.05, 3.63) is 34.9 Å². The molecule has 0 aliphatic rings. The van der Waals surface area contributed by atoms with E-state index in [9.17, 15) is 0 Å². The van der Waals surface area contributed by atoms with Crippen molar-refractivity contribution in [3.8, 4) is 0 Å². The van der Waals surface area contributed by atoms with E-state index in [-0.39, 0.29) is 0 Å². The third kappa shape index (κ3) is 4.14. The molecule has 0 bridgehead atoms. The van der Waals surface area contributed by atoms with Crippen LogP contribution < -0.4 is 5.32 Å². The van der Waals surface area contributed by atoms with Gasteiger partial charge in [0.05, 0.1) is 6.61 Å². The zero-order chi connectivity index (χ0) is 12.8. The highest BCUT2D eigenvalue weighted by Crippen LogP contribution is 2.14. The first-order valence-electron chi connectivity index (χ1n) is 6.33. The number of hydrogen-bond acceptors (Lipinski definition) is 2. The summed E-state index contributed by atoms with van der Waals surface area (Å²) in [7, 11) is 1.76. The third-order valence-electron chi connectivity index (χ3n) is 3.34. The van der Waals surface area contributed by atoms with Crippen LogP contribution in [0.25, 0.3) is 0 Å². The Morgan fingerprint density at radius 1 is 1.18 bits per heavy atom. The summed E-state index contributed by atoms with van der Waals surface area (Å²) in [4.78, 5) is 0. The van der Waals surface area contributed by atoms with Crippen LogP contribution >= 0.6 is 0 Å². The molecule has 1 N–H and O–H groups in total. The second-order valence-electron chi connectivity index (χ2n) is 5.06. The van der Waals surface area contributed by atoms with Crippen molar-refractivity contribution < 1.29 is 4.74 Å². The maximum absolute atomic E-state index is 5.25. The highest BCUT2D eigenvalue weighted by Gasteiger charge is 2.13. The van der Waals surface area contributed by atoms with E-state index in [0.29, 0.717) is 12.0 Å². The van der Waals surface area contributed by atoms with Gasteiger partial charge in [0.2, 0.25) is 0 Å². The standard InChI is InChI=1S/C15H25NO/c1-11(2)15(10-17-5)16-9-14-12(3)7-6-8-13(14)4/h6-8,11,15-16H,9-10H2,1-5H3. The van der Waals surface area contributed by atoms with Gasteiger partial charge in [-0.3, -0.25) is 0 Å². The van der Waals surface area contributed by atoms with Gasteiger partial charge < -0.3 is 10.1 Å². The van der Waals surface area contributed by atoms with Crippen LogP contribution in [0.2, 0.25) is 0 Å². The van der Waals surface area contributed by atoms with Gasteiger partial charge in [-0.05, 0) is 36.5 Å². The molecule has 0 radical (unpaired) electrons. The minimum atomic E-state index is 0.416. The van der Waals surface area contributed by atoms with E-state index >= 15 is 0 Å². The highest BCUT2D eigenvalue weighted by atomic mass is 16.5. The Balaban J connectivity index is 2.65. The maximum Gasteiger partial charge on any atom is 0.0618 e. The number of ether oxygens (including phenoxy) is 1. The lowest BCUT2D eigenvalue weighted by Crippen LogP contribution is -2.37. The molecular formula is C15H25NO. The first-order chi connectivity index (χ1) is 8.06. The molecule has 0 heterocycles. The van der Waals surface area contributed by atoms with Crippen molar-refractivity contribution in [3.63, 3.8) is 0 Å². The Morgan fingerprint density at radius 3 is 2.24 bits per heavy atom. The molecule has 0 aromatic heterocycles. The van der Waals surface area contributed by atoms with Crippen LogP contribution in [0.4, 0.5) is 0 Å². The largest absolute Gasteiger partial charge is 0.383 e. The Morgan fingerprint density at radius 2 is 1.76 bits per heavy atom. The molecule has 0 fully saturated rings. The van der Waals surface area contributed by atoms with Gasteiger partial charge in [0.1, 0.15) is 0 Å². The van der Waals surface area contributed by atoms with Gasteiger partial charge in [0, 0.05) is 19.7 Å². The van der Waals surface area contributed by atoms with Crippen molar-refractivity contribution in [2.45, 2.75) is 40.3 Å². The molecule has 0 aliphatic carbocycles. The Labute approximate surface area is 105 Å². The predicted octanol–water partition coefficient (Wildman–Crippen LogP) is 3.06. The number of hydrogen-bond donors (Lipinski definition) is 1. The topological polar surface area (TPSA) is 21.3 Å². The SMILES string of the molecule is COCC(NCc1c(C)cccc1C)C(C)C. The molecule has 0 aliphatic heterocycles. The van der Waals surface area contributed by atoms with Crippen molar-refractivity contribution >= 4 is 0 Å². The third-order valence-corrected chi connectivity index (χ3v) is 3.34. The maximum atomic E-state index is 5.25. The summed E-state index contributed by atoms with van der Waals surface area (Å²) in [5.74, 6) is 0.583. The fourth-order valence-corrected chi connectivity index (χ4v) is 2.03. The summed E-state index contributed by atoms with van der Waals surface area (Å²) < 4.78 is 5.25. The average molecular weight is 235 g/mol. The number of aryl methyl sites for hydroxylation is 2. The second-order valence-corrected chi connectivity index (χ2v) is 5.06. The minimum absolute atomic E-state index is 0.416. The van der Waals surface area contributed by atoms with Gasteiger partial charge in [0.25, 0.3) is 0 Å². The summed E-state index contributed by atoms with van der Waals surface area (Å²) in [5.41, 5.74) is 4.13. The molecule has 1 aromatic rings. The van der Waals surface area contributed by atoms with E-state index in [2.05, 4.69) is 51.2 Å². The molecule has 2 nitrogen and oxygen atoms in total. The number of nitrogens with one attached hydrogen (secondary N) is 1. The van der Waals surface area contributed by atoms with Crippen molar-refractivity contribution in [1.29, 1.82) is 0 Å². The summed E-state index contributed by atoms with van der Waals surface area (Å²) in [5, 5.41) is 3.59. The van der Waals surface area contributed by atoms with Crippen LogP contribution in [0, 0.1) is 19.8 Å². The quantitative estimate of drug-likeness (QED) is 0.818.